The second-order valence-electron chi connectivity index (χ2n) is 11.3. The first-order valence-electron chi connectivity index (χ1n) is 10.9. The highest BCUT2D eigenvalue weighted by Gasteiger charge is 2.32. The first-order valence-corrected chi connectivity index (χ1v) is 13.5. The number of anilines is 1. The Morgan fingerprint density at radius 1 is 0.806 bits per heavy atom. The normalized spacial score (nSPS) is 14.8. The molecule has 0 aliphatic heterocycles. The van der Waals surface area contributed by atoms with Gasteiger partial charge in [-0.2, -0.15) is 0 Å². The fraction of sp³-hybridized carbons (Fsp3) is 0.538. The van der Waals surface area contributed by atoms with Crippen molar-refractivity contribution < 1.29 is 9.05 Å². The predicted octanol–water partition coefficient (Wildman–Crippen LogP) is 8.25. The molecule has 0 fully saturated rings. The summed E-state index contributed by atoms with van der Waals surface area (Å²) in [4.78, 5) is 0. The molecule has 0 aromatic heterocycles. The summed E-state index contributed by atoms with van der Waals surface area (Å²) in [6, 6.07) is 12.5. The summed E-state index contributed by atoms with van der Waals surface area (Å²) in [6.45, 7) is 19.4. The van der Waals surface area contributed by atoms with Crippen LogP contribution in [0.5, 0.6) is 5.75 Å². The summed E-state index contributed by atoms with van der Waals surface area (Å²) in [7, 11) is 1.63. The average Bonchev–Trinajstić information content (AvgIpc) is 2.61. The van der Waals surface area contributed by atoms with Crippen LogP contribution in [-0.4, -0.2) is 7.11 Å². The Bertz CT molecular complexity index is 943. The van der Waals surface area contributed by atoms with E-state index in [1.807, 2.05) is 31.2 Å². The Kier molecular flexibility index (Phi) is 7.43. The van der Waals surface area contributed by atoms with E-state index in [0.717, 1.165) is 17.0 Å². The fourth-order valence-electron chi connectivity index (χ4n) is 3.41. The van der Waals surface area contributed by atoms with Crippen molar-refractivity contribution in [1.29, 1.82) is 0 Å². The van der Waals surface area contributed by atoms with Crippen LogP contribution in [0.2, 0.25) is 0 Å². The van der Waals surface area contributed by atoms with Gasteiger partial charge in [-0.3, -0.25) is 0 Å². The Hall–Kier alpha value is -1.35. The number of nitrogens with one attached hydrogen (secondary N) is 1. The zero-order valence-corrected chi connectivity index (χ0v) is 22.8. The lowest BCUT2D eigenvalue weighted by molar-refractivity contribution is 0.396. The molecule has 1 N–H and O–H groups in total. The van der Waals surface area contributed by atoms with Gasteiger partial charge in [-0.1, -0.05) is 92.6 Å². The van der Waals surface area contributed by atoms with E-state index < -0.39 is 6.64 Å². The molecule has 0 spiro atoms. The van der Waals surface area contributed by atoms with Gasteiger partial charge in [0, 0.05) is 12.8 Å². The van der Waals surface area contributed by atoms with Crippen LogP contribution in [-0.2, 0) is 32.6 Å². The molecule has 172 valence electrons. The molecule has 31 heavy (non-hydrogen) atoms. The zero-order chi connectivity index (χ0) is 23.8. The van der Waals surface area contributed by atoms with Crippen LogP contribution < -0.4 is 9.61 Å². The Labute approximate surface area is 195 Å². The van der Waals surface area contributed by atoms with Gasteiger partial charge in [0.15, 0.2) is 0 Å². The first kappa shape index (κ1) is 25.9. The van der Waals surface area contributed by atoms with Gasteiger partial charge in [0.25, 0.3) is 0 Å². The standard InChI is InChI=1S/C26H40NO2PS/c1-18-14-12-13-15-22(18)29-30(31,28-11)27-23-20(25(5,6)7)16-19(24(2,3)4)17-21(23)26(8,9)10/h12-17H,1-11H3,(H,27,31). The van der Waals surface area contributed by atoms with E-state index in [-0.39, 0.29) is 16.2 Å². The molecule has 0 heterocycles. The molecule has 0 saturated carbocycles. The van der Waals surface area contributed by atoms with Crippen LogP contribution in [0, 0.1) is 6.92 Å². The molecule has 0 radical (unpaired) electrons. The molecule has 0 amide bonds. The van der Waals surface area contributed by atoms with Gasteiger partial charge in [0.05, 0.1) is 0 Å². The lowest BCUT2D eigenvalue weighted by Crippen LogP contribution is -2.24. The van der Waals surface area contributed by atoms with Crippen molar-refractivity contribution in [2.75, 3.05) is 12.2 Å². The van der Waals surface area contributed by atoms with Crippen molar-refractivity contribution >= 4 is 24.1 Å². The van der Waals surface area contributed by atoms with Crippen LogP contribution in [0.1, 0.15) is 84.6 Å². The van der Waals surface area contributed by atoms with E-state index in [1.54, 1.807) is 7.11 Å². The summed E-state index contributed by atoms with van der Waals surface area (Å²) < 4.78 is 12.1. The predicted molar refractivity (Wildman–Crippen MR) is 139 cm³/mol. The molecule has 0 aliphatic carbocycles. The smallest absolute Gasteiger partial charge is 0.339 e. The molecule has 2 rings (SSSR count). The third-order valence-electron chi connectivity index (χ3n) is 5.42. The molecule has 3 nitrogen and oxygen atoms in total. The van der Waals surface area contributed by atoms with Gasteiger partial charge in [-0.25, -0.2) is 0 Å². The highest BCUT2D eigenvalue weighted by atomic mass is 32.5. The summed E-state index contributed by atoms with van der Waals surface area (Å²) in [5, 5.41) is 3.59. The molecule has 5 heteroatoms. The summed E-state index contributed by atoms with van der Waals surface area (Å²) in [6.07, 6.45) is 0. The van der Waals surface area contributed by atoms with E-state index in [9.17, 15) is 0 Å². The lowest BCUT2D eigenvalue weighted by atomic mass is 9.74. The van der Waals surface area contributed by atoms with Gasteiger partial charge in [0.2, 0.25) is 0 Å². The van der Waals surface area contributed by atoms with Gasteiger partial charge in [0.1, 0.15) is 5.75 Å². The van der Waals surface area contributed by atoms with Crippen LogP contribution in [0.4, 0.5) is 5.69 Å². The maximum absolute atomic E-state index is 6.31. The number of aryl methyl sites for hydroxylation is 1. The summed E-state index contributed by atoms with van der Waals surface area (Å²) in [5.74, 6) is 0.751. The summed E-state index contributed by atoms with van der Waals surface area (Å²) >= 11 is 5.95. The Balaban J connectivity index is 2.72. The molecular formula is C26H40NO2PS. The Morgan fingerprint density at radius 2 is 1.29 bits per heavy atom. The van der Waals surface area contributed by atoms with Crippen molar-refractivity contribution in [2.45, 2.75) is 85.5 Å². The van der Waals surface area contributed by atoms with Gasteiger partial charge in [-0.15, -0.1) is 0 Å². The molecule has 0 saturated heterocycles. The number of para-hydroxylation sites is 1. The molecule has 0 bridgehead atoms. The van der Waals surface area contributed by atoms with E-state index >= 15 is 0 Å². The molecular weight excluding hydrogens is 421 g/mol. The molecule has 1 unspecified atom stereocenters. The van der Waals surface area contributed by atoms with Crippen molar-refractivity contribution in [3.8, 4) is 5.75 Å². The molecule has 1 atom stereocenters. The number of hydrogen-bond donors (Lipinski definition) is 1. The molecule has 2 aromatic carbocycles. The third kappa shape index (κ3) is 6.34. The van der Waals surface area contributed by atoms with Crippen LogP contribution >= 0.6 is 6.64 Å². The quantitative estimate of drug-likeness (QED) is 0.454. The van der Waals surface area contributed by atoms with Crippen LogP contribution in [0.15, 0.2) is 36.4 Å². The van der Waals surface area contributed by atoms with Gasteiger partial charge >= 0.3 is 6.64 Å². The number of benzene rings is 2. The zero-order valence-electron chi connectivity index (χ0n) is 21.1. The van der Waals surface area contributed by atoms with Crippen LogP contribution in [0.3, 0.4) is 0 Å². The second-order valence-corrected chi connectivity index (χ2v) is 14.6. The van der Waals surface area contributed by atoms with Crippen molar-refractivity contribution in [1.82, 2.24) is 0 Å². The van der Waals surface area contributed by atoms with E-state index in [2.05, 4.69) is 79.5 Å². The minimum Gasteiger partial charge on any atom is -0.429 e. The van der Waals surface area contributed by atoms with Gasteiger partial charge in [-0.05, 0) is 63.3 Å². The van der Waals surface area contributed by atoms with E-state index in [4.69, 9.17) is 20.9 Å². The van der Waals surface area contributed by atoms with Crippen molar-refractivity contribution in [3.05, 3.63) is 58.7 Å². The summed E-state index contributed by atoms with van der Waals surface area (Å²) in [5.41, 5.74) is 5.71. The minimum atomic E-state index is -2.84. The Morgan fingerprint density at radius 3 is 1.68 bits per heavy atom. The maximum atomic E-state index is 6.31. The number of hydrogen-bond acceptors (Lipinski definition) is 3. The van der Waals surface area contributed by atoms with Crippen molar-refractivity contribution in [2.24, 2.45) is 0 Å². The maximum Gasteiger partial charge on any atom is 0.339 e. The third-order valence-corrected chi connectivity index (χ3v) is 7.78. The van der Waals surface area contributed by atoms with Crippen LogP contribution in [0.25, 0.3) is 0 Å². The monoisotopic (exact) mass is 461 g/mol. The van der Waals surface area contributed by atoms with E-state index in [0.29, 0.717) is 0 Å². The SMILES string of the molecule is COP(=S)(Nc1c(C(C)(C)C)cc(C(C)(C)C)cc1C(C)(C)C)Oc1ccccc1C. The molecule has 2 aromatic rings. The number of rotatable bonds is 5. The van der Waals surface area contributed by atoms with E-state index in [1.165, 1.54) is 16.7 Å². The second kappa shape index (κ2) is 8.89. The van der Waals surface area contributed by atoms with Gasteiger partial charge < -0.3 is 14.1 Å². The average molecular weight is 462 g/mol. The molecule has 0 aliphatic rings. The van der Waals surface area contributed by atoms with Crippen molar-refractivity contribution in [3.63, 3.8) is 0 Å². The largest absolute Gasteiger partial charge is 0.429 e. The highest BCUT2D eigenvalue weighted by molar-refractivity contribution is 8.10. The topological polar surface area (TPSA) is 30.5 Å². The minimum absolute atomic E-state index is 0.0393. The highest BCUT2D eigenvalue weighted by Crippen LogP contribution is 2.52. The lowest BCUT2D eigenvalue weighted by Gasteiger charge is -2.35. The first-order chi connectivity index (χ1) is 14.0. The fourth-order valence-corrected chi connectivity index (χ4v) is 5.11.